The molecule has 26 nitrogen and oxygen atoms in total. The molecule has 0 aromatic carbocycles. The van der Waals surface area contributed by atoms with E-state index in [1.54, 1.807) is 0 Å². The molecule has 5 fully saturated rings. The summed E-state index contributed by atoms with van der Waals surface area (Å²) in [5.74, 6) is -3.74. The zero-order valence-electron chi connectivity index (χ0n) is 29.2. The Hall–Kier alpha value is -1.04. The fraction of sp³-hybridized carbons (Fsp3) is 1.00. The normalized spacial score (nSPS) is 54.2. The van der Waals surface area contributed by atoms with Gasteiger partial charge in [0.1, 0.15) is 128 Å². The molecule has 26 heteroatoms. The minimum Gasteiger partial charge on any atom is -0.394 e. The van der Waals surface area contributed by atoms with E-state index in [9.17, 15) is 97.0 Å². The van der Waals surface area contributed by atoms with Crippen LogP contribution < -0.4 is 0 Å². The maximum absolute atomic E-state index is 12.1. The van der Waals surface area contributed by atoms with Crippen LogP contribution in [-0.2, 0) is 33.2 Å². The average Bonchev–Trinajstić information content (AvgIpc) is 3.44. The second-order valence-electron chi connectivity index (χ2n) is 14.4. The monoisotopic (exact) mass is 828 g/mol. The summed E-state index contributed by atoms with van der Waals surface area (Å²) < 4.78 is 40.8. The number of hydrogen-bond acceptors (Lipinski definition) is 26. The molecule has 24 atom stereocenters. The Balaban J connectivity index is 1.88. The molecule has 5 heterocycles. The van der Waals surface area contributed by atoms with Gasteiger partial charge in [0.15, 0.2) is 18.2 Å². The van der Waals surface area contributed by atoms with Crippen LogP contribution in [0.5, 0.6) is 0 Å². The molecule has 0 amide bonds. The van der Waals surface area contributed by atoms with E-state index in [1.165, 1.54) is 0 Å². The van der Waals surface area contributed by atoms with E-state index in [4.69, 9.17) is 33.2 Å². The van der Waals surface area contributed by atoms with Crippen molar-refractivity contribution in [3.8, 4) is 0 Å². The van der Waals surface area contributed by atoms with Crippen molar-refractivity contribution in [1.82, 2.24) is 0 Å². The maximum atomic E-state index is 12.1. The summed E-state index contributed by atoms with van der Waals surface area (Å²) in [6, 6.07) is 0. The van der Waals surface area contributed by atoms with E-state index >= 15 is 0 Å². The van der Waals surface area contributed by atoms with Gasteiger partial charge in [0, 0.05) is 0 Å². The Morgan fingerprint density at radius 3 is 1.09 bits per heavy atom. The highest BCUT2D eigenvalue weighted by Gasteiger charge is 2.79. The van der Waals surface area contributed by atoms with Gasteiger partial charge in [-0.15, -0.1) is 0 Å². The van der Waals surface area contributed by atoms with Crippen LogP contribution in [0, 0.1) is 0 Å². The molecule has 0 aliphatic carbocycles. The van der Waals surface area contributed by atoms with Crippen LogP contribution in [-0.4, -0.2) is 282 Å². The Kier molecular flexibility index (Phi) is 14.7. The van der Waals surface area contributed by atoms with Crippen molar-refractivity contribution in [2.24, 2.45) is 0 Å². The van der Waals surface area contributed by atoms with Crippen molar-refractivity contribution in [3.05, 3.63) is 0 Å². The molecule has 19 N–H and O–H groups in total. The minimum atomic E-state index is -3.74. The summed E-state index contributed by atoms with van der Waals surface area (Å²) in [4.78, 5) is 0. The Labute approximate surface area is 315 Å². The molecule has 3 unspecified atom stereocenters. The van der Waals surface area contributed by atoms with Gasteiger partial charge in [-0.3, -0.25) is 0 Å². The average molecular weight is 829 g/mol. The summed E-state index contributed by atoms with van der Waals surface area (Å²) in [7, 11) is 0. The highest BCUT2D eigenvalue weighted by molar-refractivity contribution is 5.22. The van der Waals surface area contributed by atoms with Gasteiger partial charge in [-0.2, -0.15) is 0 Å². The third-order valence-corrected chi connectivity index (χ3v) is 11.1. The van der Waals surface area contributed by atoms with Crippen LogP contribution in [0.3, 0.4) is 0 Å². The van der Waals surface area contributed by atoms with Gasteiger partial charge in [-0.1, -0.05) is 0 Å². The van der Waals surface area contributed by atoms with Gasteiger partial charge >= 0.3 is 0 Å². The Morgan fingerprint density at radius 2 is 0.714 bits per heavy atom. The second-order valence-corrected chi connectivity index (χ2v) is 14.4. The lowest BCUT2D eigenvalue weighted by molar-refractivity contribution is -0.480. The van der Waals surface area contributed by atoms with E-state index < -0.39 is 185 Å². The molecule has 5 aliphatic rings. The third kappa shape index (κ3) is 7.40. The summed E-state index contributed by atoms with van der Waals surface area (Å²) in [6.07, 6.45) is -54.1. The topological polar surface area (TPSA) is 449 Å². The van der Waals surface area contributed by atoms with Crippen molar-refractivity contribution < 1.29 is 130 Å². The molecule has 0 saturated carbocycles. The molecule has 5 saturated heterocycles. The van der Waals surface area contributed by atoms with Crippen LogP contribution in [0.15, 0.2) is 0 Å². The van der Waals surface area contributed by atoms with Crippen LogP contribution >= 0.6 is 0 Å². The molecular formula is C30H52O26. The van der Waals surface area contributed by atoms with Gasteiger partial charge in [0.25, 0.3) is 0 Å². The third-order valence-electron chi connectivity index (χ3n) is 11.1. The van der Waals surface area contributed by atoms with Crippen LogP contribution in [0.25, 0.3) is 0 Å². The number of aliphatic hydroxyl groups is 19. The molecular weight excluding hydrogens is 776 g/mol. The lowest BCUT2D eigenvalue weighted by Gasteiger charge is -2.61. The van der Waals surface area contributed by atoms with Gasteiger partial charge < -0.3 is 130 Å². The number of hydrogen-bond donors (Lipinski definition) is 19. The highest BCUT2D eigenvalue weighted by Crippen LogP contribution is 2.54. The molecule has 5 aliphatic heterocycles. The van der Waals surface area contributed by atoms with E-state index in [1.807, 2.05) is 0 Å². The first-order valence-electron chi connectivity index (χ1n) is 17.6. The predicted molar refractivity (Wildman–Crippen MR) is 167 cm³/mol. The van der Waals surface area contributed by atoms with Gasteiger partial charge in [-0.05, 0) is 0 Å². The quantitative estimate of drug-likeness (QED) is 0.0868. The van der Waals surface area contributed by atoms with Gasteiger partial charge in [-0.25, -0.2) is 0 Å². The van der Waals surface area contributed by atoms with Crippen molar-refractivity contribution in [3.63, 3.8) is 0 Å². The molecule has 328 valence electrons. The van der Waals surface area contributed by atoms with Crippen molar-refractivity contribution >= 4 is 0 Å². The number of ether oxygens (including phenoxy) is 7. The smallest absolute Gasteiger partial charge is 0.235 e. The number of aliphatic hydroxyl groups excluding tert-OH is 19. The summed E-state index contributed by atoms with van der Waals surface area (Å²) in [5, 5.41) is 206. The lowest BCUT2D eigenvalue weighted by Crippen LogP contribution is -2.84. The van der Waals surface area contributed by atoms with Gasteiger partial charge in [0.05, 0.1) is 33.0 Å². The SMILES string of the molecule is OC[C@H]1OC(OC(C2O[C@H](CO)[C@H](O)[C@H](O)[C@H]2O)(C2O[C@H](CO)[C@H](O)[C@H](O)[C@H]2O)[C@@]2(O[C@H]3O[C@H](CO)[C@@H](O)[C@H](O)[C@H]3O)O[C@H](CO)[C@@H](O)[C@@H]2O)[C@H](O)[C@@H](O)[C@H]1O. The van der Waals surface area contributed by atoms with E-state index in [0.717, 1.165) is 0 Å². The first kappa shape index (κ1) is 46.0. The minimum absolute atomic E-state index is 1.10. The van der Waals surface area contributed by atoms with Crippen LogP contribution in [0.2, 0.25) is 0 Å². The van der Waals surface area contributed by atoms with Crippen molar-refractivity contribution in [2.75, 3.05) is 33.0 Å². The summed E-state index contributed by atoms with van der Waals surface area (Å²) >= 11 is 0. The molecule has 0 radical (unpaired) electrons. The standard InChI is InChI=1S/C30H52O26/c31-1-6-11(36)16(41)20(45)25(50-6)29(26-21(46)17(42)12(37)7(2-32)51-26,55-27-22(47)18(43)13(38)8(3-33)52-27)30(24(49)15(40)10(5-35)54-30)56-28-23(48)19(44)14(39)9(4-34)53-28/h6-28,31-49H,1-5H2/t6-,7-,8-,9-,10-,11+,12+,13+,14-,15-,16+,17+,18+,19+,20-,21-,22-,23-,24+,25?,26?,27?,28-,29?,30-/m1/s1. The fourth-order valence-corrected chi connectivity index (χ4v) is 7.83. The summed E-state index contributed by atoms with van der Waals surface area (Å²) in [6.45, 7) is -5.95. The van der Waals surface area contributed by atoms with Crippen molar-refractivity contribution in [2.45, 2.75) is 152 Å². The first-order chi connectivity index (χ1) is 26.3. The van der Waals surface area contributed by atoms with E-state index in [-0.39, 0.29) is 0 Å². The molecule has 0 aromatic heterocycles. The van der Waals surface area contributed by atoms with E-state index in [0.29, 0.717) is 0 Å². The molecule has 0 aromatic rings. The summed E-state index contributed by atoms with van der Waals surface area (Å²) in [5.41, 5.74) is -3.74. The first-order valence-corrected chi connectivity index (χ1v) is 17.6. The molecule has 0 bridgehead atoms. The van der Waals surface area contributed by atoms with Crippen LogP contribution in [0.4, 0.5) is 0 Å². The zero-order valence-corrected chi connectivity index (χ0v) is 29.2. The van der Waals surface area contributed by atoms with Crippen LogP contribution in [0.1, 0.15) is 0 Å². The maximum Gasteiger partial charge on any atom is 0.235 e. The number of rotatable bonds is 12. The Bertz CT molecular complexity index is 1230. The second kappa shape index (κ2) is 17.9. The van der Waals surface area contributed by atoms with Crippen molar-refractivity contribution in [1.29, 1.82) is 0 Å². The zero-order chi connectivity index (χ0) is 41.8. The lowest BCUT2D eigenvalue weighted by atomic mass is 9.70. The molecule has 5 rings (SSSR count). The fourth-order valence-electron chi connectivity index (χ4n) is 7.83. The largest absolute Gasteiger partial charge is 0.394 e. The van der Waals surface area contributed by atoms with Gasteiger partial charge in [0.2, 0.25) is 5.79 Å². The highest BCUT2D eigenvalue weighted by atomic mass is 16.8. The Morgan fingerprint density at radius 1 is 0.375 bits per heavy atom. The molecule has 0 spiro atoms. The predicted octanol–water partition coefficient (Wildman–Crippen LogP) is -13.1. The molecule has 56 heavy (non-hydrogen) atoms. The van der Waals surface area contributed by atoms with E-state index in [2.05, 4.69) is 0 Å².